The van der Waals surface area contributed by atoms with Crippen LogP contribution < -0.4 is 5.73 Å². The molecule has 0 saturated carbocycles. The fraction of sp³-hybridized carbons (Fsp3) is 0.0769. The van der Waals surface area contributed by atoms with Crippen molar-refractivity contribution in [2.24, 2.45) is 5.73 Å². The van der Waals surface area contributed by atoms with Crippen LogP contribution in [0.3, 0.4) is 0 Å². The molecular formula is C13H12N4O2S. The van der Waals surface area contributed by atoms with Crippen molar-refractivity contribution in [3.05, 3.63) is 64.0 Å². The molecule has 2 rings (SSSR count). The number of nitrogen functional groups attached to an aromatic ring is 1. The first-order valence-corrected chi connectivity index (χ1v) is 6.71. The predicted octanol–water partition coefficient (Wildman–Crippen LogP) is 2.57. The van der Waals surface area contributed by atoms with Gasteiger partial charge in [-0.1, -0.05) is 0 Å². The summed E-state index contributed by atoms with van der Waals surface area (Å²) in [5, 5.41) is 17.9. The molecule has 1 aromatic carbocycles. The minimum absolute atomic E-state index is 0.0628. The highest BCUT2D eigenvalue weighted by atomic mass is 32.2. The molecular weight excluding hydrogens is 276 g/mol. The van der Waals surface area contributed by atoms with Crippen LogP contribution in [0.5, 0.6) is 0 Å². The maximum Gasteiger partial charge on any atom is 0.269 e. The van der Waals surface area contributed by atoms with Gasteiger partial charge in [-0.3, -0.25) is 20.5 Å². The van der Waals surface area contributed by atoms with Crippen LogP contribution in [0.15, 0.2) is 47.5 Å². The molecule has 6 nitrogen and oxygen atoms in total. The number of thioether (sulfide) groups is 1. The van der Waals surface area contributed by atoms with E-state index < -0.39 is 4.92 Å². The Balaban J connectivity index is 2.03. The maximum atomic E-state index is 10.6. The zero-order chi connectivity index (χ0) is 14.5. The van der Waals surface area contributed by atoms with Gasteiger partial charge in [-0.25, -0.2) is 0 Å². The molecule has 0 aliphatic heterocycles. The molecule has 102 valence electrons. The summed E-state index contributed by atoms with van der Waals surface area (Å²) in [7, 11) is 0. The highest BCUT2D eigenvalue weighted by molar-refractivity contribution is 7.98. The summed E-state index contributed by atoms with van der Waals surface area (Å²) >= 11 is 1.55. The predicted molar refractivity (Wildman–Crippen MR) is 77.9 cm³/mol. The number of hydrogen-bond acceptors (Lipinski definition) is 5. The number of non-ortho nitro benzene ring substituents is 1. The highest BCUT2D eigenvalue weighted by Crippen LogP contribution is 2.24. The maximum absolute atomic E-state index is 10.6. The Morgan fingerprint density at radius 3 is 2.65 bits per heavy atom. The van der Waals surface area contributed by atoms with Crippen LogP contribution >= 0.6 is 11.8 Å². The molecule has 0 fully saturated rings. The number of nitrogens with one attached hydrogen (secondary N) is 1. The van der Waals surface area contributed by atoms with Gasteiger partial charge >= 0.3 is 0 Å². The second-order valence-electron chi connectivity index (χ2n) is 4.00. The van der Waals surface area contributed by atoms with E-state index in [-0.39, 0.29) is 11.5 Å². The third kappa shape index (κ3) is 3.55. The van der Waals surface area contributed by atoms with Gasteiger partial charge in [0.15, 0.2) is 0 Å². The molecule has 3 N–H and O–H groups in total. The van der Waals surface area contributed by atoms with Gasteiger partial charge in [0.25, 0.3) is 5.69 Å². The van der Waals surface area contributed by atoms with Crippen molar-refractivity contribution in [1.82, 2.24) is 4.98 Å². The summed E-state index contributed by atoms with van der Waals surface area (Å²) < 4.78 is 0. The molecule has 7 heteroatoms. The average molecular weight is 288 g/mol. The summed E-state index contributed by atoms with van der Waals surface area (Å²) in [6.07, 6.45) is 1.61. The molecule has 0 amide bonds. The van der Waals surface area contributed by atoms with E-state index in [1.807, 2.05) is 6.07 Å². The molecule has 0 unspecified atom stereocenters. The number of benzene rings is 1. The number of rotatable bonds is 5. The first kappa shape index (κ1) is 14.0. The number of hydrogen-bond donors (Lipinski definition) is 2. The molecule has 0 aliphatic carbocycles. The number of nitro benzene ring substituents is 1. The third-order valence-corrected chi connectivity index (χ3v) is 3.64. The van der Waals surface area contributed by atoms with Crippen molar-refractivity contribution in [3.63, 3.8) is 0 Å². The lowest BCUT2D eigenvalue weighted by Gasteiger charge is -2.04. The molecule has 0 aliphatic rings. The van der Waals surface area contributed by atoms with E-state index in [1.165, 1.54) is 12.1 Å². The largest absolute Gasteiger partial charge is 0.382 e. The van der Waals surface area contributed by atoms with Gasteiger partial charge in [-0.2, -0.15) is 0 Å². The molecule has 1 heterocycles. The van der Waals surface area contributed by atoms with E-state index in [4.69, 9.17) is 11.1 Å². The first-order chi connectivity index (χ1) is 9.56. The van der Waals surface area contributed by atoms with Crippen molar-refractivity contribution in [2.75, 3.05) is 0 Å². The van der Waals surface area contributed by atoms with E-state index in [1.54, 1.807) is 36.2 Å². The standard InChI is InChI=1S/C13H12N4O2S/c14-13(15)12-7-9(5-6-16-12)8-20-11-3-1-10(2-4-11)17(18)19/h1-7H,8H2,(H3,14,15). The summed E-state index contributed by atoms with van der Waals surface area (Å²) in [5.41, 5.74) is 6.91. The summed E-state index contributed by atoms with van der Waals surface area (Å²) in [4.78, 5) is 15.1. The number of aromatic nitrogens is 1. The minimum atomic E-state index is -0.420. The summed E-state index contributed by atoms with van der Waals surface area (Å²) in [5.74, 6) is 0.618. The van der Waals surface area contributed by atoms with Crippen LogP contribution in [0, 0.1) is 15.5 Å². The Morgan fingerprint density at radius 1 is 1.35 bits per heavy atom. The molecule has 0 radical (unpaired) electrons. The monoisotopic (exact) mass is 288 g/mol. The molecule has 1 aromatic heterocycles. The van der Waals surface area contributed by atoms with Gasteiger partial charge in [-0.05, 0) is 29.8 Å². The molecule has 20 heavy (non-hydrogen) atoms. The Morgan fingerprint density at radius 2 is 2.05 bits per heavy atom. The molecule has 0 saturated heterocycles. The first-order valence-electron chi connectivity index (χ1n) is 5.73. The van der Waals surface area contributed by atoms with Gasteiger partial charge < -0.3 is 5.73 Å². The number of nitrogens with two attached hydrogens (primary N) is 1. The van der Waals surface area contributed by atoms with Crippen LogP contribution in [0.1, 0.15) is 11.3 Å². The van der Waals surface area contributed by atoms with E-state index in [0.29, 0.717) is 11.4 Å². The Hall–Kier alpha value is -2.41. The van der Waals surface area contributed by atoms with Gasteiger partial charge in [0.1, 0.15) is 11.5 Å². The number of amidine groups is 1. The van der Waals surface area contributed by atoms with Gasteiger partial charge in [0.2, 0.25) is 0 Å². The van der Waals surface area contributed by atoms with Gasteiger partial charge in [0.05, 0.1) is 4.92 Å². The van der Waals surface area contributed by atoms with E-state index in [0.717, 1.165) is 10.5 Å². The van der Waals surface area contributed by atoms with Crippen molar-refractivity contribution < 1.29 is 4.92 Å². The second kappa shape index (κ2) is 6.16. The molecule has 0 bridgehead atoms. The van der Waals surface area contributed by atoms with Crippen LogP contribution in [0.25, 0.3) is 0 Å². The summed E-state index contributed by atoms with van der Waals surface area (Å²) in [6, 6.07) is 10.0. The lowest BCUT2D eigenvalue weighted by molar-refractivity contribution is -0.384. The quantitative estimate of drug-likeness (QED) is 0.289. The van der Waals surface area contributed by atoms with Crippen LogP contribution in [0.4, 0.5) is 5.69 Å². The van der Waals surface area contributed by atoms with Gasteiger partial charge in [0, 0.05) is 29.0 Å². The number of nitro groups is 1. The normalized spacial score (nSPS) is 10.2. The fourth-order valence-corrected chi connectivity index (χ4v) is 2.38. The Labute approximate surface area is 119 Å². The molecule has 2 aromatic rings. The van der Waals surface area contributed by atoms with Crippen molar-refractivity contribution in [3.8, 4) is 0 Å². The van der Waals surface area contributed by atoms with E-state index >= 15 is 0 Å². The van der Waals surface area contributed by atoms with Gasteiger partial charge in [-0.15, -0.1) is 11.8 Å². The summed E-state index contributed by atoms with van der Waals surface area (Å²) in [6.45, 7) is 0. The smallest absolute Gasteiger partial charge is 0.269 e. The van der Waals surface area contributed by atoms with Crippen molar-refractivity contribution in [1.29, 1.82) is 5.41 Å². The highest BCUT2D eigenvalue weighted by Gasteiger charge is 2.05. The SMILES string of the molecule is N=C(N)c1cc(CSc2ccc([N+](=O)[O-])cc2)ccn1. The van der Waals surface area contributed by atoms with Crippen molar-refractivity contribution in [2.45, 2.75) is 10.6 Å². The van der Waals surface area contributed by atoms with Crippen LogP contribution in [0.2, 0.25) is 0 Å². The fourth-order valence-electron chi connectivity index (χ4n) is 1.54. The Kier molecular flexibility index (Phi) is 4.31. The van der Waals surface area contributed by atoms with E-state index in [2.05, 4.69) is 4.98 Å². The van der Waals surface area contributed by atoms with Crippen molar-refractivity contribution >= 4 is 23.3 Å². The number of nitrogens with zero attached hydrogens (tertiary/aromatic N) is 2. The average Bonchev–Trinajstić information content (AvgIpc) is 2.46. The topological polar surface area (TPSA) is 106 Å². The lowest BCUT2D eigenvalue weighted by atomic mass is 10.2. The van der Waals surface area contributed by atoms with Crippen LogP contribution in [-0.2, 0) is 5.75 Å². The zero-order valence-electron chi connectivity index (χ0n) is 10.4. The van der Waals surface area contributed by atoms with Crippen LogP contribution in [-0.4, -0.2) is 15.7 Å². The second-order valence-corrected chi connectivity index (χ2v) is 5.05. The minimum Gasteiger partial charge on any atom is -0.382 e. The third-order valence-electron chi connectivity index (χ3n) is 2.55. The number of pyridine rings is 1. The Bertz CT molecular complexity index is 643. The molecule has 0 atom stereocenters. The zero-order valence-corrected chi connectivity index (χ0v) is 11.3. The lowest BCUT2D eigenvalue weighted by Crippen LogP contribution is -2.13. The van der Waals surface area contributed by atoms with E-state index in [9.17, 15) is 10.1 Å². The molecule has 0 spiro atoms.